The van der Waals surface area contributed by atoms with Crippen molar-refractivity contribution < 1.29 is 19.1 Å². The molecule has 0 amide bonds. The number of aliphatic hydroxyl groups excluding tert-OH is 1. The van der Waals surface area contributed by atoms with Crippen LogP contribution in [0.3, 0.4) is 0 Å². The maximum atomic E-state index is 11.9. The second-order valence-corrected chi connectivity index (χ2v) is 5.97. The molecule has 0 heterocycles. The van der Waals surface area contributed by atoms with Crippen LogP contribution >= 0.6 is 7.60 Å². The third-order valence-electron chi connectivity index (χ3n) is 2.58. The van der Waals surface area contributed by atoms with Gasteiger partial charge < -0.3 is 14.5 Å². The minimum absolute atomic E-state index is 0.314. The Morgan fingerprint density at radius 3 is 2.11 bits per heavy atom. The van der Waals surface area contributed by atoms with E-state index in [2.05, 4.69) is 0 Å². The molecule has 2 atom stereocenters. The first-order chi connectivity index (χ1) is 9.07. The first-order valence-corrected chi connectivity index (χ1v) is 7.62. The largest absolute Gasteiger partial charge is 0.424 e. The van der Waals surface area contributed by atoms with Gasteiger partial charge in [-0.05, 0) is 17.7 Å². The summed E-state index contributed by atoms with van der Waals surface area (Å²) in [5, 5.41) is 9.92. The smallest absolute Gasteiger partial charge is 0.379 e. The molecule has 0 aliphatic rings. The first kappa shape index (κ1) is 13.8. The van der Waals surface area contributed by atoms with E-state index >= 15 is 0 Å². The van der Waals surface area contributed by atoms with Crippen LogP contribution in [0.5, 0.6) is 5.75 Å². The van der Waals surface area contributed by atoms with Gasteiger partial charge >= 0.3 is 7.60 Å². The Balaban J connectivity index is 2.03. The molecule has 4 nitrogen and oxygen atoms in total. The van der Waals surface area contributed by atoms with Crippen molar-refractivity contribution in [1.82, 2.24) is 0 Å². The molecule has 100 valence electrons. The van der Waals surface area contributed by atoms with Crippen molar-refractivity contribution in [3.05, 3.63) is 66.2 Å². The molecule has 0 bridgehead atoms. The summed E-state index contributed by atoms with van der Waals surface area (Å²) in [7, 11) is -3.89. The van der Waals surface area contributed by atoms with Crippen molar-refractivity contribution in [2.75, 3.05) is 6.16 Å². The molecule has 0 saturated heterocycles. The standard InChI is InChI=1S/C14H15O4P/c15-14(12-7-3-1-4-8-12)11-19(16,17)18-13-9-5-2-6-10-13/h1-10,14-15H,11H2,(H,16,17). The quantitative estimate of drug-likeness (QED) is 0.825. The maximum absolute atomic E-state index is 11.9. The lowest BCUT2D eigenvalue weighted by Gasteiger charge is -2.17. The number of para-hydroxylation sites is 1. The molecule has 0 aromatic heterocycles. The van der Waals surface area contributed by atoms with Crippen molar-refractivity contribution in [3.63, 3.8) is 0 Å². The molecule has 5 heteroatoms. The normalized spacial score (nSPS) is 15.5. The highest BCUT2D eigenvalue weighted by Gasteiger charge is 2.26. The maximum Gasteiger partial charge on any atom is 0.379 e. The molecule has 0 aliphatic heterocycles. The van der Waals surface area contributed by atoms with Crippen LogP contribution < -0.4 is 4.52 Å². The highest BCUT2D eigenvalue weighted by molar-refractivity contribution is 7.53. The molecule has 0 saturated carbocycles. The Morgan fingerprint density at radius 2 is 1.53 bits per heavy atom. The lowest BCUT2D eigenvalue weighted by Crippen LogP contribution is -2.07. The van der Waals surface area contributed by atoms with Gasteiger partial charge in [0.2, 0.25) is 0 Å². The molecule has 2 aromatic carbocycles. The molecule has 2 rings (SSSR count). The molecular formula is C14H15O4P. The van der Waals surface area contributed by atoms with E-state index < -0.39 is 13.7 Å². The Bertz CT molecular complexity index is 556. The first-order valence-electron chi connectivity index (χ1n) is 5.86. The monoisotopic (exact) mass is 278 g/mol. The number of benzene rings is 2. The van der Waals surface area contributed by atoms with Crippen molar-refractivity contribution in [2.45, 2.75) is 6.10 Å². The molecule has 0 fully saturated rings. The van der Waals surface area contributed by atoms with Crippen LogP contribution in [-0.4, -0.2) is 16.2 Å². The molecule has 2 N–H and O–H groups in total. The Kier molecular flexibility index (Phi) is 4.38. The molecule has 0 radical (unpaired) electrons. The van der Waals surface area contributed by atoms with Crippen molar-refractivity contribution in [3.8, 4) is 5.75 Å². The zero-order chi connectivity index (χ0) is 13.7. The van der Waals surface area contributed by atoms with Gasteiger partial charge in [0.1, 0.15) is 5.75 Å². The van der Waals surface area contributed by atoms with Crippen LogP contribution in [0.1, 0.15) is 11.7 Å². The van der Waals surface area contributed by atoms with Gasteiger partial charge in [-0.25, -0.2) is 4.57 Å². The molecule has 2 aromatic rings. The molecule has 0 spiro atoms. The SMILES string of the molecule is O=P(O)(CC(O)c1ccccc1)Oc1ccccc1. The Labute approximate surface area is 111 Å². The fourth-order valence-electron chi connectivity index (χ4n) is 1.68. The number of hydrogen-bond acceptors (Lipinski definition) is 3. The van der Waals surface area contributed by atoms with Crippen LogP contribution in [0.15, 0.2) is 60.7 Å². The number of rotatable bonds is 5. The van der Waals surface area contributed by atoms with Crippen molar-refractivity contribution in [1.29, 1.82) is 0 Å². The van der Waals surface area contributed by atoms with Gasteiger partial charge in [-0.15, -0.1) is 0 Å². The van der Waals surface area contributed by atoms with Gasteiger partial charge in [-0.3, -0.25) is 0 Å². The Hall–Kier alpha value is -1.61. The van der Waals surface area contributed by atoms with E-state index in [1.54, 1.807) is 54.6 Å². The van der Waals surface area contributed by atoms with Gasteiger partial charge in [-0.1, -0.05) is 48.5 Å². The van der Waals surface area contributed by atoms with Gasteiger partial charge in [-0.2, -0.15) is 0 Å². The zero-order valence-corrected chi connectivity index (χ0v) is 11.1. The third-order valence-corrected chi connectivity index (χ3v) is 3.88. The second-order valence-electron chi connectivity index (χ2n) is 4.15. The number of aliphatic hydroxyl groups is 1. The van der Waals surface area contributed by atoms with Crippen LogP contribution in [0.25, 0.3) is 0 Å². The van der Waals surface area contributed by atoms with E-state index in [9.17, 15) is 14.6 Å². The predicted molar refractivity (Wildman–Crippen MR) is 73.2 cm³/mol. The van der Waals surface area contributed by atoms with Gasteiger partial charge in [0.05, 0.1) is 12.3 Å². The minimum Gasteiger partial charge on any atom is -0.424 e. The predicted octanol–water partition coefficient (Wildman–Crippen LogP) is 2.98. The fourth-order valence-corrected chi connectivity index (χ4v) is 2.86. The van der Waals surface area contributed by atoms with E-state index in [0.717, 1.165) is 0 Å². The van der Waals surface area contributed by atoms with Crippen LogP contribution in [0.2, 0.25) is 0 Å². The van der Waals surface area contributed by atoms with Crippen molar-refractivity contribution in [2.24, 2.45) is 0 Å². The summed E-state index contributed by atoms with van der Waals surface area (Å²) in [4.78, 5) is 9.77. The minimum atomic E-state index is -3.89. The third kappa shape index (κ3) is 4.21. The topological polar surface area (TPSA) is 66.8 Å². The number of hydrogen-bond donors (Lipinski definition) is 2. The zero-order valence-electron chi connectivity index (χ0n) is 10.2. The summed E-state index contributed by atoms with van der Waals surface area (Å²) in [6.45, 7) is 0. The lowest BCUT2D eigenvalue weighted by atomic mass is 10.1. The van der Waals surface area contributed by atoms with Gasteiger partial charge in [0.25, 0.3) is 0 Å². The fraction of sp³-hybridized carbons (Fsp3) is 0.143. The highest BCUT2D eigenvalue weighted by Crippen LogP contribution is 2.45. The van der Waals surface area contributed by atoms with E-state index in [0.29, 0.717) is 11.3 Å². The summed E-state index contributed by atoms with van der Waals surface area (Å²) in [6.07, 6.45) is -1.37. The van der Waals surface area contributed by atoms with E-state index in [4.69, 9.17) is 4.52 Å². The summed E-state index contributed by atoms with van der Waals surface area (Å²) < 4.78 is 17.0. The van der Waals surface area contributed by atoms with Gasteiger partial charge in [0.15, 0.2) is 0 Å². The summed E-state index contributed by atoms with van der Waals surface area (Å²) in [5.41, 5.74) is 0.591. The van der Waals surface area contributed by atoms with Crippen molar-refractivity contribution >= 4 is 7.60 Å². The van der Waals surface area contributed by atoms with Crippen LogP contribution in [0, 0.1) is 0 Å². The van der Waals surface area contributed by atoms with E-state index in [1.807, 2.05) is 6.07 Å². The second kappa shape index (κ2) is 6.02. The average Bonchev–Trinajstić information content (AvgIpc) is 2.39. The van der Waals surface area contributed by atoms with E-state index in [-0.39, 0.29) is 6.16 Å². The highest BCUT2D eigenvalue weighted by atomic mass is 31.2. The molecule has 2 unspecified atom stereocenters. The summed E-state index contributed by atoms with van der Waals surface area (Å²) in [5.74, 6) is 0.314. The summed E-state index contributed by atoms with van der Waals surface area (Å²) in [6, 6.07) is 17.1. The summed E-state index contributed by atoms with van der Waals surface area (Å²) >= 11 is 0. The van der Waals surface area contributed by atoms with Crippen LogP contribution in [-0.2, 0) is 4.57 Å². The lowest BCUT2D eigenvalue weighted by molar-refractivity contribution is 0.193. The van der Waals surface area contributed by atoms with Crippen LogP contribution in [0.4, 0.5) is 0 Å². The van der Waals surface area contributed by atoms with Gasteiger partial charge in [0, 0.05) is 0 Å². The molecule has 19 heavy (non-hydrogen) atoms. The van der Waals surface area contributed by atoms with E-state index in [1.165, 1.54) is 0 Å². The molecule has 0 aliphatic carbocycles. The Morgan fingerprint density at radius 1 is 1.00 bits per heavy atom. The molecular weight excluding hydrogens is 263 g/mol. The average molecular weight is 278 g/mol.